The Kier molecular flexibility index (Phi) is 3.32. The Hall–Kier alpha value is -2.44. The monoisotopic (exact) mass is 281 g/mol. The number of terminal acetylenes is 1. The Morgan fingerprint density at radius 1 is 1.25 bits per heavy atom. The summed E-state index contributed by atoms with van der Waals surface area (Å²) in [5.41, 5.74) is 1.85. The van der Waals surface area contributed by atoms with Gasteiger partial charge in [0.25, 0.3) is 0 Å². The fourth-order valence-electron chi connectivity index (χ4n) is 2.20. The average molecular weight is 282 g/mol. The van der Waals surface area contributed by atoms with Crippen LogP contribution in [0.2, 0.25) is 5.02 Å². The van der Waals surface area contributed by atoms with Crippen molar-refractivity contribution in [2.24, 2.45) is 0 Å². The van der Waals surface area contributed by atoms with Gasteiger partial charge in [0.2, 0.25) is 0 Å². The predicted octanol–water partition coefficient (Wildman–Crippen LogP) is 3.59. The van der Waals surface area contributed by atoms with Crippen molar-refractivity contribution in [2.75, 3.05) is 11.6 Å². The van der Waals surface area contributed by atoms with Crippen LogP contribution in [-0.4, -0.2) is 16.2 Å². The van der Waals surface area contributed by atoms with Crippen molar-refractivity contribution >= 4 is 28.2 Å². The van der Waals surface area contributed by atoms with E-state index in [1.54, 1.807) is 6.20 Å². The smallest absolute Gasteiger partial charge is 0.100 e. The highest BCUT2D eigenvalue weighted by Crippen LogP contribution is 2.27. The van der Waals surface area contributed by atoms with Crippen LogP contribution >= 0.6 is 11.6 Å². The van der Waals surface area contributed by atoms with E-state index in [-0.39, 0.29) is 0 Å². The highest BCUT2D eigenvalue weighted by molar-refractivity contribution is 6.31. The van der Waals surface area contributed by atoms with Gasteiger partial charge in [-0.15, -0.1) is 6.42 Å². The second-order valence-corrected chi connectivity index (χ2v) is 4.75. The number of pyridine rings is 1. The Balaban J connectivity index is 2.19. The Morgan fingerprint density at radius 2 is 2.05 bits per heavy atom. The van der Waals surface area contributed by atoms with E-state index in [1.165, 1.54) is 0 Å². The summed E-state index contributed by atoms with van der Waals surface area (Å²) in [6.07, 6.45) is 11.2. The lowest BCUT2D eigenvalue weighted by molar-refractivity contribution is 0.751. The summed E-state index contributed by atoms with van der Waals surface area (Å²) in [6, 6.07) is 11.6. The third-order valence-electron chi connectivity index (χ3n) is 3.07. The van der Waals surface area contributed by atoms with Crippen LogP contribution in [0.25, 0.3) is 10.9 Å². The number of hydrogen-bond acceptors (Lipinski definition) is 2. The van der Waals surface area contributed by atoms with E-state index in [4.69, 9.17) is 18.0 Å². The Morgan fingerprint density at radius 3 is 2.80 bits per heavy atom. The van der Waals surface area contributed by atoms with Gasteiger partial charge in [0.05, 0.1) is 11.2 Å². The van der Waals surface area contributed by atoms with Gasteiger partial charge in [0.15, 0.2) is 0 Å². The molecule has 3 nitrogen and oxygen atoms in total. The van der Waals surface area contributed by atoms with Crippen molar-refractivity contribution in [2.45, 2.75) is 0 Å². The molecule has 0 atom stereocenters. The van der Waals surface area contributed by atoms with E-state index >= 15 is 0 Å². The number of hydrogen-bond donors (Lipinski definition) is 0. The topological polar surface area (TPSA) is 21.1 Å². The van der Waals surface area contributed by atoms with Crippen LogP contribution < -0.4 is 5.01 Å². The first kappa shape index (κ1) is 12.6. The molecule has 98 valence electrons. The second kappa shape index (κ2) is 5.28. The SMILES string of the molecule is C#CCN(c1ccnc2cc(Cl)ccc12)n1cccc1. The van der Waals surface area contributed by atoms with Crippen LogP contribution in [-0.2, 0) is 0 Å². The maximum atomic E-state index is 6.02. The van der Waals surface area contributed by atoms with Crippen LogP contribution in [0.15, 0.2) is 55.0 Å². The minimum Gasteiger partial charge on any atom is -0.269 e. The molecule has 2 aromatic heterocycles. The molecule has 0 aliphatic heterocycles. The normalized spacial score (nSPS) is 10.4. The van der Waals surface area contributed by atoms with Gasteiger partial charge < -0.3 is 0 Å². The highest BCUT2D eigenvalue weighted by Gasteiger charge is 2.11. The molecular weight excluding hydrogens is 270 g/mol. The number of benzene rings is 1. The zero-order valence-corrected chi connectivity index (χ0v) is 11.5. The van der Waals surface area contributed by atoms with E-state index in [1.807, 2.05) is 58.5 Å². The molecule has 0 fully saturated rings. The number of fused-ring (bicyclic) bond motifs is 1. The van der Waals surface area contributed by atoms with Crippen molar-refractivity contribution in [1.29, 1.82) is 0 Å². The van der Waals surface area contributed by atoms with E-state index in [0.717, 1.165) is 16.6 Å². The number of rotatable bonds is 3. The molecule has 0 N–H and O–H groups in total. The number of anilines is 1. The minimum absolute atomic E-state index is 0.469. The molecule has 20 heavy (non-hydrogen) atoms. The lowest BCUT2D eigenvalue weighted by Crippen LogP contribution is -2.28. The standard InChI is InChI=1S/C16H12ClN3/c1-2-9-20(19-10-3-4-11-19)16-7-8-18-15-12-13(17)5-6-14(15)16/h1,3-8,10-12H,9H2. The molecule has 3 aromatic rings. The van der Waals surface area contributed by atoms with Crippen molar-refractivity contribution < 1.29 is 0 Å². The number of halogens is 1. The lowest BCUT2D eigenvalue weighted by atomic mass is 10.2. The molecule has 0 unspecified atom stereocenters. The molecule has 1 aromatic carbocycles. The third kappa shape index (κ3) is 2.22. The van der Waals surface area contributed by atoms with Crippen molar-refractivity contribution in [3.05, 3.63) is 60.0 Å². The molecule has 0 saturated carbocycles. The van der Waals surface area contributed by atoms with Crippen LogP contribution in [0.4, 0.5) is 5.69 Å². The van der Waals surface area contributed by atoms with Crippen molar-refractivity contribution in [3.63, 3.8) is 0 Å². The first-order valence-corrected chi connectivity index (χ1v) is 6.56. The maximum absolute atomic E-state index is 6.02. The molecule has 0 aliphatic rings. The molecule has 0 amide bonds. The summed E-state index contributed by atoms with van der Waals surface area (Å²) in [5.74, 6) is 2.69. The predicted molar refractivity (Wildman–Crippen MR) is 82.8 cm³/mol. The molecular formula is C16H12ClN3. The van der Waals surface area contributed by atoms with Gasteiger partial charge in [-0.25, -0.2) is 0 Å². The largest absolute Gasteiger partial charge is 0.269 e. The van der Waals surface area contributed by atoms with Gasteiger partial charge in [-0.2, -0.15) is 0 Å². The first-order valence-electron chi connectivity index (χ1n) is 6.18. The summed E-state index contributed by atoms with van der Waals surface area (Å²) in [6.45, 7) is 0.469. The Labute approximate surface area is 122 Å². The third-order valence-corrected chi connectivity index (χ3v) is 3.30. The molecule has 0 aliphatic carbocycles. The van der Waals surface area contributed by atoms with Gasteiger partial charge in [0, 0.05) is 29.0 Å². The fourth-order valence-corrected chi connectivity index (χ4v) is 2.36. The van der Waals surface area contributed by atoms with Crippen LogP contribution in [0, 0.1) is 12.3 Å². The summed E-state index contributed by atoms with van der Waals surface area (Å²) in [7, 11) is 0. The van der Waals surface area contributed by atoms with Gasteiger partial charge in [-0.3, -0.25) is 14.7 Å². The fraction of sp³-hybridized carbons (Fsp3) is 0.0625. The van der Waals surface area contributed by atoms with E-state index < -0.39 is 0 Å². The van der Waals surface area contributed by atoms with Crippen molar-refractivity contribution in [1.82, 2.24) is 9.66 Å². The first-order chi connectivity index (χ1) is 9.79. The van der Waals surface area contributed by atoms with Crippen molar-refractivity contribution in [3.8, 4) is 12.3 Å². The number of nitrogens with zero attached hydrogens (tertiary/aromatic N) is 3. The molecule has 3 rings (SSSR count). The molecule has 0 saturated heterocycles. The summed E-state index contributed by atoms with van der Waals surface area (Å²) < 4.78 is 1.96. The Bertz CT molecular complexity index is 772. The van der Waals surface area contributed by atoms with E-state index in [9.17, 15) is 0 Å². The summed E-state index contributed by atoms with van der Waals surface area (Å²) in [4.78, 5) is 4.35. The van der Waals surface area contributed by atoms with Gasteiger partial charge in [-0.05, 0) is 36.4 Å². The number of aromatic nitrogens is 2. The highest BCUT2D eigenvalue weighted by atomic mass is 35.5. The van der Waals surface area contributed by atoms with Gasteiger partial charge in [-0.1, -0.05) is 17.5 Å². The summed E-state index contributed by atoms with van der Waals surface area (Å²) in [5, 5.41) is 3.70. The molecule has 2 heterocycles. The van der Waals surface area contributed by atoms with Crippen LogP contribution in [0.5, 0.6) is 0 Å². The van der Waals surface area contributed by atoms with Crippen LogP contribution in [0.3, 0.4) is 0 Å². The zero-order chi connectivity index (χ0) is 13.9. The summed E-state index contributed by atoms with van der Waals surface area (Å²) >= 11 is 6.02. The molecule has 0 spiro atoms. The second-order valence-electron chi connectivity index (χ2n) is 4.32. The minimum atomic E-state index is 0.469. The molecule has 0 radical (unpaired) electrons. The quantitative estimate of drug-likeness (QED) is 0.684. The van der Waals surface area contributed by atoms with E-state index in [0.29, 0.717) is 11.6 Å². The van der Waals surface area contributed by atoms with Gasteiger partial charge >= 0.3 is 0 Å². The zero-order valence-electron chi connectivity index (χ0n) is 10.7. The van der Waals surface area contributed by atoms with Gasteiger partial charge in [0.1, 0.15) is 6.54 Å². The maximum Gasteiger partial charge on any atom is 0.100 e. The van der Waals surface area contributed by atoms with Crippen LogP contribution in [0.1, 0.15) is 0 Å². The average Bonchev–Trinajstić information content (AvgIpc) is 2.98. The lowest BCUT2D eigenvalue weighted by Gasteiger charge is -2.25. The van der Waals surface area contributed by atoms with E-state index in [2.05, 4.69) is 10.9 Å². The molecule has 0 bridgehead atoms. The molecule has 4 heteroatoms.